The first kappa shape index (κ1) is 30.5. The van der Waals surface area contributed by atoms with Crippen molar-refractivity contribution >= 4 is 17.7 Å². The van der Waals surface area contributed by atoms with Gasteiger partial charge in [-0.15, -0.1) is 0 Å². The van der Waals surface area contributed by atoms with Gasteiger partial charge in [-0.1, -0.05) is 62.4 Å². The Kier molecular flexibility index (Phi) is 9.37. The number of nitrogens with zero attached hydrogens (tertiary/aromatic N) is 5. The second-order valence-electron chi connectivity index (χ2n) is 11.4. The number of fused-ring (bicyclic) bond motifs is 1. The number of aromatic amines is 1. The molecule has 4 aromatic rings. The van der Waals surface area contributed by atoms with Crippen molar-refractivity contribution in [2.75, 3.05) is 13.1 Å². The zero-order valence-corrected chi connectivity index (χ0v) is 25.2. The maximum Gasteiger partial charge on any atom is 0.272 e. The molecule has 3 N–H and O–H groups in total. The van der Waals surface area contributed by atoms with Crippen LogP contribution in [0.4, 0.5) is 0 Å². The van der Waals surface area contributed by atoms with Gasteiger partial charge in [0, 0.05) is 32.0 Å². The van der Waals surface area contributed by atoms with Gasteiger partial charge in [0.25, 0.3) is 11.5 Å². The molecule has 12 heteroatoms. The Balaban J connectivity index is 1.44. The van der Waals surface area contributed by atoms with Crippen LogP contribution in [0.15, 0.2) is 71.5 Å². The normalized spacial score (nSPS) is 18.3. The summed E-state index contributed by atoms with van der Waals surface area (Å²) < 4.78 is 3.06. The van der Waals surface area contributed by atoms with Crippen molar-refractivity contribution < 1.29 is 14.4 Å². The van der Waals surface area contributed by atoms with E-state index in [0.717, 1.165) is 5.56 Å². The number of hydrogen-bond donors (Lipinski definition) is 3. The van der Waals surface area contributed by atoms with E-state index < -0.39 is 12.1 Å². The number of H-pyrrole nitrogens is 1. The molecule has 0 spiro atoms. The SMILES string of the molecule is Cc1nc2n(n1)CCN(C(=O)c1cc(=O)n(-c3ccccc3)[nH]1)CCCC(=O)N[C@@H](Cc1ccccc1)C(=O)N[C@@H]2C(C)C. The molecule has 230 valence electrons. The molecule has 0 saturated carbocycles. The lowest BCUT2D eigenvalue weighted by Crippen LogP contribution is -2.50. The number of rotatable bonds is 5. The predicted octanol–water partition coefficient (Wildman–Crippen LogP) is 2.54. The Bertz CT molecular complexity index is 1660. The number of carbonyl (C=O) groups is 3. The van der Waals surface area contributed by atoms with Crippen LogP contribution in [-0.2, 0) is 22.6 Å². The Labute approximate surface area is 255 Å². The fraction of sp³-hybridized carbons (Fsp3) is 0.375. The van der Waals surface area contributed by atoms with Gasteiger partial charge in [0.15, 0.2) is 0 Å². The summed E-state index contributed by atoms with van der Waals surface area (Å²) in [6, 6.07) is 18.6. The third kappa shape index (κ3) is 7.13. The summed E-state index contributed by atoms with van der Waals surface area (Å²) in [4.78, 5) is 59.5. The fourth-order valence-electron chi connectivity index (χ4n) is 5.38. The van der Waals surface area contributed by atoms with Gasteiger partial charge in [0.1, 0.15) is 23.4 Å². The lowest BCUT2D eigenvalue weighted by atomic mass is 10.0. The molecule has 1 aliphatic rings. The molecule has 12 nitrogen and oxygen atoms in total. The van der Waals surface area contributed by atoms with E-state index in [0.29, 0.717) is 36.7 Å². The molecule has 2 aromatic carbocycles. The van der Waals surface area contributed by atoms with Crippen LogP contribution in [-0.4, -0.2) is 66.3 Å². The lowest BCUT2D eigenvalue weighted by Gasteiger charge is -2.28. The van der Waals surface area contributed by atoms with Crippen molar-refractivity contribution in [2.24, 2.45) is 5.92 Å². The molecular formula is C32H38N8O4. The molecule has 2 aromatic heterocycles. The summed E-state index contributed by atoms with van der Waals surface area (Å²) in [7, 11) is 0. The van der Waals surface area contributed by atoms with Gasteiger partial charge in [0.05, 0.1) is 18.3 Å². The molecule has 2 atom stereocenters. The molecule has 5 rings (SSSR count). The van der Waals surface area contributed by atoms with E-state index in [1.807, 2.05) is 62.4 Å². The van der Waals surface area contributed by atoms with Crippen LogP contribution >= 0.6 is 0 Å². The maximum atomic E-state index is 13.7. The van der Waals surface area contributed by atoms with Crippen LogP contribution in [0.5, 0.6) is 0 Å². The molecule has 0 saturated heterocycles. The van der Waals surface area contributed by atoms with Crippen molar-refractivity contribution in [3.05, 3.63) is 100.0 Å². The second kappa shape index (κ2) is 13.5. The summed E-state index contributed by atoms with van der Waals surface area (Å²) in [6.07, 6.45) is 0.801. The number of amides is 3. The average Bonchev–Trinajstić information content (AvgIpc) is 3.58. The van der Waals surface area contributed by atoms with E-state index in [9.17, 15) is 19.2 Å². The quantitative estimate of drug-likeness (QED) is 0.322. The van der Waals surface area contributed by atoms with Gasteiger partial charge >= 0.3 is 0 Å². The summed E-state index contributed by atoms with van der Waals surface area (Å²) in [5.74, 6) is 0.133. The molecule has 0 aliphatic carbocycles. The largest absolute Gasteiger partial charge is 0.344 e. The minimum absolute atomic E-state index is 0.0390. The van der Waals surface area contributed by atoms with E-state index in [4.69, 9.17) is 0 Å². The van der Waals surface area contributed by atoms with Crippen LogP contribution in [0.2, 0.25) is 0 Å². The molecule has 0 fully saturated rings. The highest BCUT2D eigenvalue weighted by molar-refractivity contribution is 5.92. The smallest absolute Gasteiger partial charge is 0.272 e. The average molecular weight is 599 g/mol. The first-order valence-electron chi connectivity index (χ1n) is 14.9. The van der Waals surface area contributed by atoms with Crippen molar-refractivity contribution in [1.82, 2.24) is 40.1 Å². The Morgan fingerprint density at radius 1 is 0.955 bits per heavy atom. The van der Waals surface area contributed by atoms with Crippen LogP contribution < -0.4 is 16.2 Å². The summed E-state index contributed by atoms with van der Waals surface area (Å²) >= 11 is 0. The zero-order chi connectivity index (χ0) is 31.2. The number of aromatic nitrogens is 5. The van der Waals surface area contributed by atoms with Gasteiger partial charge < -0.3 is 15.5 Å². The standard InChI is InChI=1S/C32H38N8O4/c1-21(2)29-30-33-22(3)36-39(30)18-17-38(32(44)26-20-28(42)40(37-26)24-13-8-5-9-14-24)16-10-15-27(41)34-25(31(43)35-29)19-23-11-6-4-7-12-23/h4-9,11-14,20-21,25,29,37H,10,15-19H2,1-3H3,(H,34,41)(H,35,43)/t25-,29+/m0/s1. The summed E-state index contributed by atoms with van der Waals surface area (Å²) in [5, 5.41) is 13.6. The molecule has 1 aliphatic heterocycles. The van der Waals surface area contributed by atoms with Crippen molar-refractivity contribution in [2.45, 2.75) is 58.7 Å². The van der Waals surface area contributed by atoms with E-state index in [1.165, 1.54) is 10.7 Å². The van der Waals surface area contributed by atoms with Crippen LogP contribution in [0, 0.1) is 12.8 Å². The Morgan fingerprint density at radius 2 is 1.66 bits per heavy atom. The van der Waals surface area contributed by atoms with Crippen molar-refractivity contribution in [3.8, 4) is 5.69 Å². The monoisotopic (exact) mass is 598 g/mol. The minimum atomic E-state index is -0.799. The zero-order valence-electron chi connectivity index (χ0n) is 25.2. The van der Waals surface area contributed by atoms with E-state index in [-0.39, 0.29) is 54.4 Å². The number of hydrogen-bond acceptors (Lipinski definition) is 6. The van der Waals surface area contributed by atoms with Gasteiger partial charge in [-0.25, -0.2) is 14.3 Å². The topological polar surface area (TPSA) is 147 Å². The first-order chi connectivity index (χ1) is 21.2. The van der Waals surface area contributed by atoms with E-state index in [1.54, 1.807) is 28.6 Å². The number of carbonyl (C=O) groups excluding carboxylic acids is 3. The Hall–Kier alpha value is -5.00. The summed E-state index contributed by atoms with van der Waals surface area (Å²) in [6.45, 7) is 6.57. The lowest BCUT2D eigenvalue weighted by molar-refractivity contribution is -0.129. The molecule has 0 unspecified atom stereocenters. The highest BCUT2D eigenvalue weighted by Crippen LogP contribution is 2.21. The third-order valence-corrected chi connectivity index (χ3v) is 7.65. The summed E-state index contributed by atoms with van der Waals surface area (Å²) in [5.41, 5.74) is 1.33. The highest BCUT2D eigenvalue weighted by atomic mass is 16.2. The fourth-order valence-corrected chi connectivity index (χ4v) is 5.38. The maximum absolute atomic E-state index is 13.7. The molecule has 0 bridgehead atoms. The van der Waals surface area contributed by atoms with Crippen LogP contribution in [0.25, 0.3) is 5.69 Å². The minimum Gasteiger partial charge on any atom is -0.344 e. The van der Waals surface area contributed by atoms with Crippen LogP contribution in [0.1, 0.15) is 60.4 Å². The Morgan fingerprint density at radius 3 is 2.36 bits per heavy atom. The van der Waals surface area contributed by atoms with Crippen molar-refractivity contribution in [3.63, 3.8) is 0 Å². The highest BCUT2D eigenvalue weighted by Gasteiger charge is 2.30. The second-order valence-corrected chi connectivity index (χ2v) is 11.4. The number of aryl methyl sites for hydroxylation is 1. The molecular weight excluding hydrogens is 560 g/mol. The predicted molar refractivity (Wildman–Crippen MR) is 164 cm³/mol. The van der Waals surface area contributed by atoms with Gasteiger partial charge in [0.2, 0.25) is 11.8 Å². The van der Waals surface area contributed by atoms with E-state index >= 15 is 0 Å². The third-order valence-electron chi connectivity index (χ3n) is 7.65. The number of nitrogens with one attached hydrogen (secondary N) is 3. The van der Waals surface area contributed by atoms with Gasteiger partial charge in [-0.2, -0.15) is 5.10 Å². The van der Waals surface area contributed by atoms with Crippen LogP contribution in [0.3, 0.4) is 0 Å². The molecule has 0 radical (unpaired) electrons. The van der Waals surface area contributed by atoms with Gasteiger partial charge in [-0.3, -0.25) is 24.3 Å². The molecule has 44 heavy (non-hydrogen) atoms. The van der Waals surface area contributed by atoms with Crippen molar-refractivity contribution in [1.29, 1.82) is 0 Å². The molecule has 3 amide bonds. The van der Waals surface area contributed by atoms with Gasteiger partial charge in [-0.05, 0) is 37.0 Å². The number of benzene rings is 2. The van der Waals surface area contributed by atoms with E-state index in [2.05, 4.69) is 25.8 Å². The first-order valence-corrected chi connectivity index (χ1v) is 14.9. The number of para-hydroxylation sites is 1. The molecule has 3 heterocycles.